The number of hydrogen-bond donors (Lipinski definition) is 2. The van der Waals surface area contributed by atoms with Crippen LogP contribution < -0.4 is 20.5 Å². The van der Waals surface area contributed by atoms with E-state index in [2.05, 4.69) is 21.4 Å². The molecule has 3 N–H and O–H groups in total. The average Bonchev–Trinajstić information content (AvgIpc) is 3.36. The lowest BCUT2D eigenvalue weighted by atomic mass is 10.1. The van der Waals surface area contributed by atoms with Crippen LogP contribution in [0.15, 0.2) is 60.9 Å². The molecule has 1 unspecified atom stereocenters. The molecule has 0 aliphatic carbocycles. The molecule has 0 radical (unpaired) electrons. The van der Waals surface area contributed by atoms with Crippen LogP contribution in [0.2, 0.25) is 5.02 Å². The number of hydrogen-bond acceptors (Lipinski definition) is 8. The summed E-state index contributed by atoms with van der Waals surface area (Å²) in [5.41, 5.74) is 9.00. The number of fused-ring (bicyclic) bond motifs is 1. The first-order chi connectivity index (χ1) is 16.6. The molecule has 170 valence electrons. The monoisotopic (exact) mass is 473 g/mol. The van der Waals surface area contributed by atoms with Crippen LogP contribution in [0.5, 0.6) is 17.4 Å². The van der Waals surface area contributed by atoms with Crippen LogP contribution >= 0.6 is 11.6 Å². The van der Waals surface area contributed by atoms with E-state index in [0.29, 0.717) is 69.1 Å². The summed E-state index contributed by atoms with van der Waals surface area (Å²) in [7, 11) is 0. The molecule has 2 aromatic carbocycles. The number of nitriles is 1. The Morgan fingerprint density at radius 1 is 1.15 bits per heavy atom. The first-order valence-corrected chi connectivity index (χ1v) is 11.0. The quantitative estimate of drug-likeness (QED) is 0.355. The number of benzene rings is 2. The Labute approximate surface area is 200 Å². The largest absolute Gasteiger partial charge is 0.486 e. The van der Waals surface area contributed by atoms with Crippen molar-refractivity contribution in [2.45, 2.75) is 12.5 Å². The zero-order valence-electron chi connectivity index (χ0n) is 18.0. The Kier molecular flexibility index (Phi) is 6.04. The first kappa shape index (κ1) is 21.8. The highest BCUT2D eigenvalue weighted by Gasteiger charge is 2.20. The predicted molar refractivity (Wildman–Crippen MR) is 130 cm³/mol. The Bertz CT molecular complexity index is 1390. The molecule has 9 heteroatoms. The zero-order chi connectivity index (χ0) is 23.5. The summed E-state index contributed by atoms with van der Waals surface area (Å²) in [6, 6.07) is 16.4. The fraction of sp³-hybridized carbons (Fsp3) is 0.160. The summed E-state index contributed by atoms with van der Waals surface area (Å²) in [5, 5.41) is 14.0. The van der Waals surface area contributed by atoms with Crippen molar-refractivity contribution in [2.24, 2.45) is 0 Å². The summed E-state index contributed by atoms with van der Waals surface area (Å²) >= 11 is 6.45. The second-order valence-electron chi connectivity index (χ2n) is 7.71. The van der Waals surface area contributed by atoms with Crippen molar-refractivity contribution in [3.8, 4) is 23.4 Å². The average molecular weight is 474 g/mol. The maximum Gasteiger partial charge on any atom is 0.219 e. The number of nitrogens with zero attached hydrogens (tertiary/aromatic N) is 3. The molecule has 3 heterocycles. The van der Waals surface area contributed by atoms with Gasteiger partial charge in [-0.2, -0.15) is 5.26 Å². The van der Waals surface area contributed by atoms with Gasteiger partial charge in [-0.25, -0.2) is 4.98 Å². The molecule has 1 aliphatic rings. The second kappa shape index (κ2) is 9.43. The Balaban J connectivity index is 1.46. The van der Waals surface area contributed by atoms with Crippen LogP contribution in [0.25, 0.3) is 10.9 Å². The normalized spacial score (nSPS) is 15.1. The molecule has 5 rings (SSSR count). The highest BCUT2D eigenvalue weighted by molar-refractivity contribution is 6.32. The molecule has 1 aliphatic heterocycles. The summed E-state index contributed by atoms with van der Waals surface area (Å²) in [5.74, 6) is 1.45. The van der Waals surface area contributed by atoms with Gasteiger partial charge in [-0.1, -0.05) is 17.7 Å². The van der Waals surface area contributed by atoms with E-state index in [0.717, 1.165) is 6.42 Å². The highest BCUT2D eigenvalue weighted by atomic mass is 35.5. The molecular formula is C25H20ClN5O3. The lowest BCUT2D eigenvalue weighted by Gasteiger charge is -2.17. The molecule has 34 heavy (non-hydrogen) atoms. The fourth-order valence-corrected chi connectivity index (χ4v) is 3.89. The van der Waals surface area contributed by atoms with Gasteiger partial charge < -0.3 is 25.3 Å². The topological polar surface area (TPSA) is 115 Å². The van der Waals surface area contributed by atoms with E-state index >= 15 is 0 Å². The molecule has 8 nitrogen and oxygen atoms in total. The standard InChI is InChI=1S/C25H20ClN5O3/c26-19-9-16(4-5-22(19)34-24-3-1-2-7-29-24)31-25-15(12-27)13-30-21-11-23(20(28)10-18(21)25)33-17-6-8-32-14-17/h1-5,7,9-11,13,17H,6,8,14,28H2,(H,30,31). The van der Waals surface area contributed by atoms with Gasteiger partial charge >= 0.3 is 0 Å². The summed E-state index contributed by atoms with van der Waals surface area (Å²) in [6.45, 7) is 1.20. The van der Waals surface area contributed by atoms with E-state index in [-0.39, 0.29) is 6.10 Å². The molecule has 0 saturated carbocycles. The van der Waals surface area contributed by atoms with Gasteiger partial charge in [0.2, 0.25) is 5.88 Å². The van der Waals surface area contributed by atoms with Gasteiger partial charge in [-0.05, 0) is 30.3 Å². The number of rotatable bonds is 6. The number of nitrogens with one attached hydrogen (secondary N) is 1. The number of pyridine rings is 2. The van der Waals surface area contributed by atoms with Gasteiger partial charge in [0, 0.05) is 42.0 Å². The lowest BCUT2D eigenvalue weighted by Crippen LogP contribution is -2.16. The Morgan fingerprint density at radius 3 is 2.79 bits per heavy atom. The van der Waals surface area contributed by atoms with Crippen LogP contribution in [0.4, 0.5) is 17.1 Å². The van der Waals surface area contributed by atoms with E-state index in [1.54, 1.807) is 48.7 Å². The van der Waals surface area contributed by atoms with Crippen molar-refractivity contribution in [1.29, 1.82) is 5.26 Å². The van der Waals surface area contributed by atoms with E-state index in [1.807, 2.05) is 6.07 Å². The van der Waals surface area contributed by atoms with Gasteiger partial charge in [-0.15, -0.1) is 0 Å². The van der Waals surface area contributed by atoms with Gasteiger partial charge in [0.15, 0.2) is 0 Å². The summed E-state index contributed by atoms with van der Waals surface area (Å²) < 4.78 is 17.1. The lowest BCUT2D eigenvalue weighted by molar-refractivity contribution is 0.142. The summed E-state index contributed by atoms with van der Waals surface area (Å²) in [4.78, 5) is 8.57. The van der Waals surface area contributed by atoms with Crippen molar-refractivity contribution in [1.82, 2.24) is 9.97 Å². The van der Waals surface area contributed by atoms with E-state index < -0.39 is 0 Å². The maximum absolute atomic E-state index is 9.68. The van der Waals surface area contributed by atoms with Crippen LogP contribution in [-0.4, -0.2) is 29.3 Å². The van der Waals surface area contributed by atoms with Crippen molar-refractivity contribution in [3.05, 3.63) is 71.5 Å². The van der Waals surface area contributed by atoms with Crippen LogP contribution in [0.1, 0.15) is 12.0 Å². The summed E-state index contributed by atoms with van der Waals surface area (Å²) in [6.07, 6.45) is 3.93. The molecule has 1 saturated heterocycles. The molecule has 0 amide bonds. The fourth-order valence-electron chi connectivity index (χ4n) is 3.67. The third-order valence-electron chi connectivity index (χ3n) is 5.36. The maximum atomic E-state index is 9.68. The second-order valence-corrected chi connectivity index (χ2v) is 8.12. The van der Waals surface area contributed by atoms with E-state index in [9.17, 15) is 5.26 Å². The number of anilines is 3. The smallest absolute Gasteiger partial charge is 0.219 e. The number of halogens is 1. The molecule has 2 aromatic heterocycles. The third kappa shape index (κ3) is 4.53. The Morgan fingerprint density at radius 2 is 2.06 bits per heavy atom. The number of aromatic nitrogens is 2. The number of nitrogens with two attached hydrogens (primary N) is 1. The van der Waals surface area contributed by atoms with Gasteiger partial charge in [0.25, 0.3) is 0 Å². The molecular weight excluding hydrogens is 454 g/mol. The molecule has 1 fully saturated rings. The van der Waals surface area contributed by atoms with Crippen molar-refractivity contribution in [2.75, 3.05) is 24.3 Å². The molecule has 0 spiro atoms. The SMILES string of the molecule is N#Cc1cnc2cc(OC3CCOC3)c(N)cc2c1Nc1ccc(Oc2ccccn2)c(Cl)c1. The zero-order valence-corrected chi connectivity index (χ0v) is 18.7. The van der Waals surface area contributed by atoms with Crippen molar-refractivity contribution >= 4 is 39.6 Å². The minimum absolute atomic E-state index is 0.0373. The minimum Gasteiger partial charge on any atom is -0.486 e. The molecule has 0 bridgehead atoms. The van der Waals surface area contributed by atoms with Gasteiger partial charge in [-0.3, -0.25) is 4.98 Å². The van der Waals surface area contributed by atoms with Gasteiger partial charge in [0.1, 0.15) is 23.7 Å². The number of nitrogen functional groups attached to an aromatic ring is 1. The van der Waals surface area contributed by atoms with E-state index in [4.69, 9.17) is 31.5 Å². The predicted octanol–water partition coefficient (Wildman–Crippen LogP) is 5.44. The molecule has 4 aromatic rings. The van der Waals surface area contributed by atoms with Gasteiger partial charge in [0.05, 0.1) is 40.7 Å². The minimum atomic E-state index is -0.0373. The first-order valence-electron chi connectivity index (χ1n) is 10.6. The highest BCUT2D eigenvalue weighted by Crippen LogP contribution is 2.37. The van der Waals surface area contributed by atoms with Crippen LogP contribution in [0, 0.1) is 11.3 Å². The number of ether oxygens (including phenoxy) is 3. The van der Waals surface area contributed by atoms with Crippen molar-refractivity contribution in [3.63, 3.8) is 0 Å². The molecule has 1 atom stereocenters. The third-order valence-corrected chi connectivity index (χ3v) is 5.65. The van der Waals surface area contributed by atoms with Crippen LogP contribution in [-0.2, 0) is 4.74 Å². The van der Waals surface area contributed by atoms with Crippen molar-refractivity contribution < 1.29 is 14.2 Å². The van der Waals surface area contributed by atoms with Crippen LogP contribution in [0.3, 0.4) is 0 Å². The van der Waals surface area contributed by atoms with E-state index in [1.165, 1.54) is 6.20 Å². The Hall–Kier alpha value is -4.06.